The summed E-state index contributed by atoms with van der Waals surface area (Å²) in [6.45, 7) is 1.99. The Bertz CT molecular complexity index is 792. The highest BCUT2D eigenvalue weighted by molar-refractivity contribution is 8.00. The van der Waals surface area contributed by atoms with Crippen LogP contribution in [0.1, 0.15) is 28.4 Å². The van der Waals surface area contributed by atoms with Crippen molar-refractivity contribution in [3.8, 4) is 5.69 Å². The second-order valence-electron chi connectivity index (χ2n) is 5.35. The van der Waals surface area contributed by atoms with E-state index in [-0.39, 0.29) is 0 Å². The standard InChI is InChI=1S/C16H16N4S2/c1-11-17-18-16(22-11)21-10-14-13-8-5-9-15(13)20(19-14)12-6-3-2-4-7-12/h2-4,6-7H,5,8-10H2,1H3. The molecule has 1 aromatic carbocycles. The van der Waals surface area contributed by atoms with Crippen molar-refractivity contribution < 1.29 is 0 Å². The maximum Gasteiger partial charge on any atom is 0.174 e. The maximum atomic E-state index is 4.88. The zero-order chi connectivity index (χ0) is 14.9. The molecular formula is C16H16N4S2. The third-order valence-electron chi connectivity index (χ3n) is 3.85. The monoisotopic (exact) mass is 328 g/mol. The van der Waals surface area contributed by atoms with Gasteiger partial charge < -0.3 is 0 Å². The second-order valence-corrected chi connectivity index (χ2v) is 7.75. The Morgan fingerprint density at radius 1 is 1.18 bits per heavy atom. The Labute approximate surface area is 137 Å². The first-order chi connectivity index (χ1) is 10.8. The van der Waals surface area contributed by atoms with Crippen molar-refractivity contribution in [3.63, 3.8) is 0 Å². The molecule has 0 fully saturated rings. The van der Waals surface area contributed by atoms with Gasteiger partial charge in [0.2, 0.25) is 0 Å². The molecule has 22 heavy (non-hydrogen) atoms. The molecule has 0 radical (unpaired) electrons. The SMILES string of the molecule is Cc1nnc(SCc2nn(-c3ccccc3)c3c2CCC3)s1. The zero-order valence-electron chi connectivity index (χ0n) is 12.3. The van der Waals surface area contributed by atoms with Gasteiger partial charge in [-0.1, -0.05) is 41.3 Å². The van der Waals surface area contributed by atoms with E-state index in [0.29, 0.717) is 0 Å². The van der Waals surface area contributed by atoms with E-state index in [2.05, 4.69) is 39.1 Å². The number of para-hydroxylation sites is 1. The van der Waals surface area contributed by atoms with Crippen LogP contribution in [-0.2, 0) is 18.6 Å². The number of nitrogens with zero attached hydrogens (tertiary/aromatic N) is 4. The van der Waals surface area contributed by atoms with Crippen LogP contribution in [0.4, 0.5) is 0 Å². The predicted molar refractivity (Wildman–Crippen MR) is 89.8 cm³/mol. The van der Waals surface area contributed by atoms with Crippen LogP contribution in [0.5, 0.6) is 0 Å². The first-order valence-corrected chi connectivity index (χ1v) is 9.19. The lowest BCUT2D eigenvalue weighted by molar-refractivity contribution is 0.771. The fraction of sp³-hybridized carbons (Fsp3) is 0.312. The van der Waals surface area contributed by atoms with E-state index in [1.54, 1.807) is 23.1 Å². The smallest absolute Gasteiger partial charge is 0.174 e. The highest BCUT2D eigenvalue weighted by Gasteiger charge is 2.23. The van der Waals surface area contributed by atoms with Crippen molar-refractivity contribution >= 4 is 23.1 Å². The summed E-state index contributed by atoms with van der Waals surface area (Å²) < 4.78 is 3.15. The first-order valence-electron chi connectivity index (χ1n) is 7.39. The molecule has 0 saturated carbocycles. The van der Waals surface area contributed by atoms with E-state index in [1.807, 2.05) is 13.0 Å². The van der Waals surface area contributed by atoms with Gasteiger partial charge in [-0.05, 0) is 43.9 Å². The maximum absolute atomic E-state index is 4.88. The molecule has 0 amide bonds. The minimum Gasteiger partial charge on any atom is -0.237 e. The van der Waals surface area contributed by atoms with Gasteiger partial charge in [0.15, 0.2) is 4.34 Å². The van der Waals surface area contributed by atoms with Crippen LogP contribution in [0.25, 0.3) is 5.69 Å². The lowest BCUT2D eigenvalue weighted by Gasteiger charge is -2.04. The van der Waals surface area contributed by atoms with Gasteiger partial charge in [0.1, 0.15) is 5.01 Å². The topological polar surface area (TPSA) is 43.6 Å². The van der Waals surface area contributed by atoms with E-state index in [4.69, 9.17) is 5.10 Å². The Morgan fingerprint density at radius 3 is 2.82 bits per heavy atom. The molecule has 0 saturated heterocycles. The number of thioether (sulfide) groups is 1. The van der Waals surface area contributed by atoms with E-state index >= 15 is 0 Å². The molecule has 2 aromatic heterocycles. The summed E-state index contributed by atoms with van der Waals surface area (Å²) in [6.07, 6.45) is 3.50. The second kappa shape index (κ2) is 5.85. The van der Waals surface area contributed by atoms with Gasteiger partial charge >= 0.3 is 0 Å². The normalized spacial score (nSPS) is 13.5. The summed E-state index contributed by atoms with van der Waals surface area (Å²) in [5.41, 5.74) is 5.19. The average molecular weight is 328 g/mol. The van der Waals surface area contributed by atoms with Crippen molar-refractivity contribution in [1.29, 1.82) is 0 Å². The van der Waals surface area contributed by atoms with Crippen molar-refractivity contribution in [2.45, 2.75) is 36.3 Å². The van der Waals surface area contributed by atoms with Gasteiger partial charge in [-0.15, -0.1) is 10.2 Å². The zero-order valence-corrected chi connectivity index (χ0v) is 14.0. The molecule has 0 N–H and O–H groups in total. The number of aromatic nitrogens is 4. The molecule has 0 spiro atoms. The average Bonchev–Trinajstić information content (AvgIpc) is 3.23. The van der Waals surface area contributed by atoms with Crippen LogP contribution < -0.4 is 0 Å². The molecule has 0 unspecified atom stereocenters. The van der Waals surface area contributed by atoms with Gasteiger partial charge in [0.05, 0.1) is 11.4 Å². The number of rotatable bonds is 4. The summed E-state index contributed by atoms with van der Waals surface area (Å²) in [5, 5.41) is 14.2. The number of benzene rings is 1. The van der Waals surface area contributed by atoms with Crippen LogP contribution in [0, 0.1) is 6.92 Å². The Morgan fingerprint density at radius 2 is 2.05 bits per heavy atom. The highest BCUT2D eigenvalue weighted by atomic mass is 32.2. The first kappa shape index (κ1) is 14.0. The molecule has 3 aromatic rings. The lowest BCUT2D eigenvalue weighted by atomic mass is 10.2. The van der Waals surface area contributed by atoms with E-state index < -0.39 is 0 Å². The fourth-order valence-corrected chi connectivity index (χ4v) is 4.66. The Balaban J connectivity index is 1.63. The van der Waals surface area contributed by atoms with Crippen LogP contribution in [-0.4, -0.2) is 20.0 Å². The van der Waals surface area contributed by atoms with Crippen molar-refractivity contribution in [2.24, 2.45) is 0 Å². The molecule has 0 bridgehead atoms. The fourth-order valence-electron chi connectivity index (χ4n) is 2.88. The summed E-state index contributed by atoms with van der Waals surface area (Å²) in [6, 6.07) is 10.4. The lowest BCUT2D eigenvalue weighted by Crippen LogP contribution is -2.01. The van der Waals surface area contributed by atoms with Crippen LogP contribution >= 0.6 is 23.1 Å². The molecule has 2 heterocycles. The molecule has 1 aliphatic carbocycles. The summed E-state index contributed by atoms with van der Waals surface area (Å²) >= 11 is 3.39. The molecular weight excluding hydrogens is 312 g/mol. The third kappa shape index (κ3) is 2.57. The molecule has 1 aliphatic rings. The van der Waals surface area contributed by atoms with Crippen LogP contribution in [0.3, 0.4) is 0 Å². The van der Waals surface area contributed by atoms with E-state index in [9.17, 15) is 0 Å². The van der Waals surface area contributed by atoms with E-state index in [1.165, 1.54) is 23.4 Å². The summed E-state index contributed by atoms with van der Waals surface area (Å²) in [5.74, 6) is 0.872. The van der Waals surface area contributed by atoms with Crippen molar-refractivity contribution in [3.05, 3.63) is 52.3 Å². The molecule has 4 nitrogen and oxygen atoms in total. The van der Waals surface area contributed by atoms with E-state index in [0.717, 1.165) is 33.6 Å². The van der Waals surface area contributed by atoms with Crippen molar-refractivity contribution in [1.82, 2.24) is 20.0 Å². The summed E-state index contributed by atoms with van der Waals surface area (Å²) in [4.78, 5) is 0. The summed E-state index contributed by atoms with van der Waals surface area (Å²) in [7, 11) is 0. The van der Waals surface area contributed by atoms with Crippen LogP contribution in [0.15, 0.2) is 34.7 Å². The number of aryl methyl sites for hydroxylation is 1. The largest absolute Gasteiger partial charge is 0.237 e. The van der Waals surface area contributed by atoms with Gasteiger partial charge in [-0.2, -0.15) is 5.10 Å². The number of fused-ring (bicyclic) bond motifs is 1. The van der Waals surface area contributed by atoms with Gasteiger partial charge in [0.25, 0.3) is 0 Å². The number of hydrogen-bond donors (Lipinski definition) is 0. The molecule has 112 valence electrons. The van der Waals surface area contributed by atoms with Gasteiger partial charge in [-0.3, -0.25) is 0 Å². The molecule has 0 aliphatic heterocycles. The van der Waals surface area contributed by atoms with Crippen LogP contribution in [0.2, 0.25) is 0 Å². The molecule has 0 atom stereocenters. The van der Waals surface area contributed by atoms with Crippen molar-refractivity contribution in [2.75, 3.05) is 0 Å². The quantitative estimate of drug-likeness (QED) is 0.683. The minimum atomic E-state index is 0.872. The van der Waals surface area contributed by atoms with Gasteiger partial charge in [-0.25, -0.2) is 4.68 Å². The Hall–Kier alpha value is -1.66. The molecule has 6 heteroatoms. The molecule has 4 rings (SSSR count). The predicted octanol–water partition coefficient (Wildman–Crippen LogP) is 3.81. The van der Waals surface area contributed by atoms with Gasteiger partial charge in [0, 0.05) is 11.4 Å². The minimum absolute atomic E-state index is 0.872. The Kier molecular flexibility index (Phi) is 3.72. The third-order valence-corrected chi connectivity index (χ3v) is 5.84. The number of hydrogen-bond acceptors (Lipinski definition) is 5. The highest BCUT2D eigenvalue weighted by Crippen LogP contribution is 2.32.